The minimum Gasteiger partial charge on any atom is -0.508 e. The molecule has 0 aliphatic carbocycles. The second-order valence-electron chi connectivity index (χ2n) is 9.58. The lowest BCUT2D eigenvalue weighted by Gasteiger charge is -2.30. The molecule has 0 amide bonds. The fourth-order valence-corrected chi connectivity index (χ4v) is 7.31. The van der Waals surface area contributed by atoms with Crippen molar-refractivity contribution in [2.24, 2.45) is 0 Å². The number of nitrogens with zero attached hydrogens (tertiary/aromatic N) is 1. The van der Waals surface area contributed by atoms with Crippen LogP contribution < -0.4 is 10.2 Å². The minimum absolute atomic E-state index is 0.0666. The van der Waals surface area contributed by atoms with Crippen LogP contribution in [0.2, 0.25) is 0 Å². The number of halogens is 1. The Kier molecular flexibility index (Phi) is 8.42. The van der Waals surface area contributed by atoms with Crippen LogP contribution in [0.15, 0.2) is 97.1 Å². The number of aliphatic hydroxyl groups is 1. The molecule has 40 heavy (non-hydrogen) atoms. The Bertz CT molecular complexity index is 1550. The quantitative estimate of drug-likeness (QED) is 0.136. The van der Waals surface area contributed by atoms with Gasteiger partial charge in [0.25, 0.3) is 0 Å². The third-order valence-electron chi connectivity index (χ3n) is 6.98. The molecule has 0 saturated carbocycles. The Balaban J connectivity index is 1.45. The van der Waals surface area contributed by atoms with Gasteiger partial charge in [0.1, 0.15) is 15.9 Å². The highest BCUT2D eigenvalue weighted by atomic mass is 32.2. The van der Waals surface area contributed by atoms with Gasteiger partial charge in [0.05, 0.1) is 17.5 Å². The number of hydrogen-bond donors (Lipinski definition) is 4. The minimum atomic E-state index is -4.35. The number of benzene rings is 4. The van der Waals surface area contributed by atoms with Crippen LogP contribution >= 0.6 is 31.6 Å². The molecule has 206 valence electrons. The SMILES string of the molecule is O=P(O)(O)c1ccc(-c2ccc([C@@H]3[C@H](CC[C@H](O)c4ccc(F)cc4)SC(=S)N3c3ccccc3)c(O)c2)cc1. The maximum absolute atomic E-state index is 13.3. The molecule has 4 N–H and O–H groups in total. The summed E-state index contributed by atoms with van der Waals surface area (Å²) in [5, 5.41) is 21.9. The summed E-state index contributed by atoms with van der Waals surface area (Å²) in [5.74, 6) is -0.292. The first-order chi connectivity index (χ1) is 19.1. The van der Waals surface area contributed by atoms with Crippen molar-refractivity contribution in [3.8, 4) is 16.9 Å². The predicted molar refractivity (Wildman–Crippen MR) is 161 cm³/mol. The molecule has 4 aromatic rings. The number of thiocarbonyl (C=S) groups is 1. The van der Waals surface area contributed by atoms with Crippen LogP contribution in [0.4, 0.5) is 10.1 Å². The van der Waals surface area contributed by atoms with Crippen molar-refractivity contribution in [3.63, 3.8) is 0 Å². The molecular formula is C30H27FNO5PS2. The van der Waals surface area contributed by atoms with Gasteiger partial charge in [0.15, 0.2) is 0 Å². The topological polar surface area (TPSA) is 101 Å². The molecular weight excluding hydrogens is 568 g/mol. The zero-order valence-corrected chi connectivity index (χ0v) is 23.7. The van der Waals surface area contributed by atoms with Crippen LogP contribution in [0.1, 0.15) is 36.1 Å². The number of aliphatic hydroxyl groups excluding tert-OH is 1. The van der Waals surface area contributed by atoms with Crippen LogP contribution in [0, 0.1) is 5.82 Å². The standard InChI is InChI=1S/C30H27FNO5PS2/c31-22-11-6-20(7-12-22)26(33)16-17-28-29(32(30(39)40-28)23-4-2-1-3-5-23)25-15-10-21(18-27(25)34)19-8-13-24(14-9-19)38(35,36)37/h1-15,18,26,28-29,33-34H,16-17H2,(H2,35,36,37)/t26-,28-,29+/m0/s1. The van der Waals surface area contributed by atoms with Crippen molar-refractivity contribution in [2.45, 2.75) is 30.2 Å². The smallest absolute Gasteiger partial charge is 0.356 e. The van der Waals surface area contributed by atoms with Gasteiger partial charge >= 0.3 is 7.60 Å². The van der Waals surface area contributed by atoms with E-state index < -0.39 is 13.7 Å². The van der Waals surface area contributed by atoms with Crippen molar-refractivity contribution in [1.29, 1.82) is 0 Å². The van der Waals surface area contributed by atoms with Crippen LogP contribution in [-0.2, 0) is 4.57 Å². The molecule has 0 unspecified atom stereocenters. The second-order valence-corrected chi connectivity index (χ2v) is 13.1. The van der Waals surface area contributed by atoms with E-state index in [2.05, 4.69) is 0 Å². The lowest BCUT2D eigenvalue weighted by Crippen LogP contribution is -2.29. The number of thioether (sulfide) groups is 1. The number of phenolic OH excluding ortho intramolecular Hbond substituents is 1. The summed E-state index contributed by atoms with van der Waals surface area (Å²) in [6.45, 7) is 0. The van der Waals surface area contributed by atoms with E-state index in [0.29, 0.717) is 39.4 Å². The Morgan fingerprint density at radius 1 is 0.925 bits per heavy atom. The molecule has 0 bridgehead atoms. The van der Waals surface area contributed by atoms with Crippen LogP contribution in [0.25, 0.3) is 11.1 Å². The van der Waals surface area contributed by atoms with Gasteiger partial charge in [-0.1, -0.05) is 78.6 Å². The van der Waals surface area contributed by atoms with Crippen molar-refractivity contribution in [3.05, 3.63) is 114 Å². The van der Waals surface area contributed by atoms with E-state index in [1.807, 2.05) is 47.4 Å². The zero-order chi connectivity index (χ0) is 28.4. The Labute approximate surface area is 241 Å². The van der Waals surface area contributed by atoms with Crippen molar-refractivity contribution < 1.29 is 29.0 Å². The largest absolute Gasteiger partial charge is 0.508 e. The maximum Gasteiger partial charge on any atom is 0.356 e. The van der Waals surface area contributed by atoms with Gasteiger partial charge in [-0.3, -0.25) is 4.57 Å². The number of anilines is 1. The zero-order valence-electron chi connectivity index (χ0n) is 21.2. The molecule has 1 heterocycles. The summed E-state index contributed by atoms with van der Waals surface area (Å²) in [4.78, 5) is 20.8. The Hall–Kier alpha value is -3.04. The van der Waals surface area contributed by atoms with E-state index in [4.69, 9.17) is 12.2 Å². The summed E-state index contributed by atoms with van der Waals surface area (Å²) >= 11 is 7.32. The maximum atomic E-state index is 13.3. The normalized spacial score (nSPS) is 18.2. The summed E-state index contributed by atoms with van der Waals surface area (Å²) in [5.41, 5.74) is 3.60. The first-order valence-electron chi connectivity index (χ1n) is 12.6. The third-order valence-corrected chi connectivity index (χ3v) is 9.63. The first-order valence-corrected chi connectivity index (χ1v) is 15.5. The molecule has 1 aliphatic heterocycles. The Morgan fingerprint density at radius 3 is 2.20 bits per heavy atom. The fourth-order valence-electron chi connectivity index (χ4n) is 4.94. The summed E-state index contributed by atoms with van der Waals surface area (Å²) < 4.78 is 25.5. The Morgan fingerprint density at radius 2 is 1.57 bits per heavy atom. The van der Waals surface area contributed by atoms with Crippen molar-refractivity contribution in [1.82, 2.24) is 0 Å². The average molecular weight is 596 g/mol. The molecule has 4 aromatic carbocycles. The molecule has 0 radical (unpaired) electrons. The molecule has 1 saturated heterocycles. The van der Waals surface area contributed by atoms with Crippen molar-refractivity contribution >= 4 is 46.9 Å². The molecule has 0 aromatic heterocycles. The van der Waals surface area contributed by atoms with E-state index in [1.54, 1.807) is 30.3 Å². The van der Waals surface area contributed by atoms with Gasteiger partial charge in [-0.25, -0.2) is 4.39 Å². The van der Waals surface area contributed by atoms with Crippen LogP contribution in [0.5, 0.6) is 5.75 Å². The summed E-state index contributed by atoms with van der Waals surface area (Å²) in [6.07, 6.45) is 0.242. The first kappa shape index (κ1) is 28.5. The predicted octanol–water partition coefficient (Wildman–Crippen LogP) is 6.46. The molecule has 10 heteroatoms. The lowest BCUT2D eigenvalue weighted by molar-refractivity contribution is 0.163. The molecule has 0 spiro atoms. The molecule has 1 fully saturated rings. The van der Waals surface area contributed by atoms with E-state index in [-0.39, 0.29) is 28.2 Å². The van der Waals surface area contributed by atoms with E-state index in [0.717, 1.165) is 5.69 Å². The van der Waals surface area contributed by atoms with Gasteiger partial charge in [0, 0.05) is 16.5 Å². The second kappa shape index (κ2) is 11.8. The highest BCUT2D eigenvalue weighted by Crippen LogP contribution is 2.49. The van der Waals surface area contributed by atoms with E-state index >= 15 is 0 Å². The average Bonchev–Trinajstić information content (AvgIpc) is 3.27. The number of aromatic hydroxyl groups is 1. The van der Waals surface area contributed by atoms with E-state index in [9.17, 15) is 29.0 Å². The third kappa shape index (κ3) is 6.15. The monoisotopic (exact) mass is 595 g/mol. The molecule has 3 atom stereocenters. The van der Waals surface area contributed by atoms with Gasteiger partial charge in [-0.15, -0.1) is 0 Å². The van der Waals surface area contributed by atoms with E-state index in [1.165, 1.54) is 36.0 Å². The highest BCUT2D eigenvalue weighted by Gasteiger charge is 2.41. The lowest BCUT2D eigenvalue weighted by atomic mass is 9.93. The summed E-state index contributed by atoms with van der Waals surface area (Å²) in [7, 11) is -4.35. The molecule has 5 rings (SSSR count). The number of para-hydroxylation sites is 1. The number of phenols is 1. The highest BCUT2D eigenvalue weighted by molar-refractivity contribution is 8.24. The van der Waals surface area contributed by atoms with Crippen LogP contribution in [0.3, 0.4) is 0 Å². The van der Waals surface area contributed by atoms with Gasteiger partial charge in [-0.05, 0) is 72.0 Å². The number of rotatable bonds is 8. The molecule has 6 nitrogen and oxygen atoms in total. The van der Waals surface area contributed by atoms with Crippen molar-refractivity contribution in [2.75, 3.05) is 4.90 Å². The van der Waals surface area contributed by atoms with Crippen LogP contribution in [-0.4, -0.2) is 29.6 Å². The summed E-state index contributed by atoms with van der Waals surface area (Å²) in [6, 6.07) is 26.5. The molecule has 1 aliphatic rings. The van der Waals surface area contributed by atoms with Gasteiger partial charge < -0.3 is 24.9 Å². The van der Waals surface area contributed by atoms with Gasteiger partial charge in [0.2, 0.25) is 0 Å². The van der Waals surface area contributed by atoms with Gasteiger partial charge in [-0.2, -0.15) is 0 Å². The number of hydrogen-bond acceptors (Lipinski definition) is 5. The fraction of sp³-hybridized carbons (Fsp3) is 0.167.